The van der Waals surface area contributed by atoms with Crippen LogP contribution >= 0.6 is 0 Å². The van der Waals surface area contributed by atoms with E-state index in [2.05, 4.69) is 15.7 Å². The number of nitrogens with zero attached hydrogens (tertiary/aromatic N) is 2. The van der Waals surface area contributed by atoms with Crippen molar-refractivity contribution in [3.8, 4) is 5.69 Å². The first kappa shape index (κ1) is 13.2. The number of amides is 1. The highest BCUT2D eigenvalue weighted by Crippen LogP contribution is 2.15. The Hall–Kier alpha value is -2.21. The molecule has 19 heavy (non-hydrogen) atoms. The van der Waals surface area contributed by atoms with Crippen molar-refractivity contribution in [2.45, 2.75) is 6.92 Å². The van der Waals surface area contributed by atoms with Crippen molar-refractivity contribution in [1.29, 1.82) is 0 Å². The molecule has 1 amide bonds. The first-order valence-electron chi connectivity index (χ1n) is 5.87. The zero-order valence-corrected chi connectivity index (χ0v) is 10.8. The lowest BCUT2D eigenvalue weighted by molar-refractivity contribution is -0.115. The molecule has 0 radical (unpaired) electrons. The molecular weight excluding hydrogens is 247 g/mol. The predicted molar refractivity (Wildman–Crippen MR) is 70.8 cm³/mol. The van der Waals surface area contributed by atoms with Gasteiger partial charge in [-0.05, 0) is 32.2 Å². The number of halogens is 1. The van der Waals surface area contributed by atoms with Crippen LogP contribution in [0.1, 0.15) is 5.69 Å². The van der Waals surface area contributed by atoms with Gasteiger partial charge < -0.3 is 10.6 Å². The number of carbonyl (C=O) groups excluding carboxylic acids is 1. The molecule has 2 rings (SSSR count). The second-order valence-electron chi connectivity index (χ2n) is 4.14. The van der Waals surface area contributed by atoms with Gasteiger partial charge in [0.25, 0.3) is 0 Å². The zero-order valence-electron chi connectivity index (χ0n) is 10.8. The van der Waals surface area contributed by atoms with Gasteiger partial charge in [-0.3, -0.25) is 4.79 Å². The molecular formula is C13H15FN4O. The largest absolute Gasteiger partial charge is 0.311 e. The van der Waals surface area contributed by atoms with Crippen LogP contribution in [0.2, 0.25) is 0 Å². The molecule has 0 aliphatic heterocycles. The van der Waals surface area contributed by atoms with E-state index in [1.807, 2.05) is 6.92 Å². The number of likely N-dealkylation sites (N-methyl/N-ethyl adjacent to an activating group) is 1. The van der Waals surface area contributed by atoms with Crippen LogP contribution in [-0.4, -0.2) is 29.3 Å². The van der Waals surface area contributed by atoms with Gasteiger partial charge in [-0.1, -0.05) is 6.07 Å². The molecule has 0 aliphatic carbocycles. The molecule has 0 saturated heterocycles. The van der Waals surface area contributed by atoms with E-state index in [0.29, 0.717) is 11.5 Å². The molecule has 0 atom stereocenters. The second kappa shape index (κ2) is 5.62. The predicted octanol–water partition coefficient (Wildman–Crippen LogP) is 1.48. The van der Waals surface area contributed by atoms with Gasteiger partial charge in [0.05, 0.1) is 12.2 Å². The van der Waals surface area contributed by atoms with E-state index in [1.54, 1.807) is 29.9 Å². The Labute approximate surface area is 110 Å². The van der Waals surface area contributed by atoms with E-state index in [4.69, 9.17) is 0 Å². The Balaban J connectivity index is 2.24. The minimum absolute atomic E-state index is 0.175. The highest BCUT2D eigenvalue weighted by atomic mass is 19.1. The monoisotopic (exact) mass is 262 g/mol. The molecule has 5 nitrogen and oxygen atoms in total. The summed E-state index contributed by atoms with van der Waals surface area (Å²) in [4.78, 5) is 11.4. The molecule has 0 unspecified atom stereocenters. The number of hydrogen-bond acceptors (Lipinski definition) is 3. The van der Waals surface area contributed by atoms with Gasteiger partial charge in [0.15, 0.2) is 5.82 Å². The summed E-state index contributed by atoms with van der Waals surface area (Å²) in [6.45, 7) is 2.05. The average Bonchev–Trinajstić information content (AvgIpc) is 2.70. The molecule has 0 bridgehead atoms. The lowest BCUT2D eigenvalue weighted by atomic mass is 10.3. The van der Waals surface area contributed by atoms with Gasteiger partial charge in [-0.15, -0.1) is 5.10 Å². The lowest BCUT2D eigenvalue weighted by Gasteiger charge is -2.04. The summed E-state index contributed by atoms with van der Waals surface area (Å²) < 4.78 is 14.8. The normalized spacial score (nSPS) is 10.5. The topological polar surface area (TPSA) is 59.0 Å². The van der Waals surface area contributed by atoms with Gasteiger partial charge in [0.1, 0.15) is 5.82 Å². The molecule has 0 spiro atoms. The van der Waals surface area contributed by atoms with Crippen molar-refractivity contribution in [2.24, 2.45) is 0 Å². The zero-order chi connectivity index (χ0) is 13.8. The summed E-state index contributed by atoms with van der Waals surface area (Å²) in [5.41, 5.74) is 1.43. The lowest BCUT2D eigenvalue weighted by Crippen LogP contribution is -2.25. The summed E-state index contributed by atoms with van der Waals surface area (Å²) in [6, 6.07) is 7.86. The first-order chi connectivity index (χ1) is 9.10. The van der Waals surface area contributed by atoms with Crippen molar-refractivity contribution in [3.05, 3.63) is 41.8 Å². The van der Waals surface area contributed by atoms with Gasteiger partial charge in [0, 0.05) is 11.8 Å². The van der Waals surface area contributed by atoms with Crippen molar-refractivity contribution < 1.29 is 9.18 Å². The minimum atomic E-state index is -0.326. The Morgan fingerprint density at radius 3 is 2.89 bits per heavy atom. The molecule has 1 heterocycles. The molecule has 1 aromatic heterocycles. The Bertz CT molecular complexity index is 594. The van der Waals surface area contributed by atoms with Gasteiger partial charge >= 0.3 is 0 Å². The average molecular weight is 262 g/mol. The summed E-state index contributed by atoms with van der Waals surface area (Å²) >= 11 is 0. The summed E-state index contributed by atoms with van der Waals surface area (Å²) in [5.74, 6) is -0.0541. The van der Waals surface area contributed by atoms with E-state index in [1.165, 1.54) is 12.1 Å². The molecule has 0 saturated carbocycles. The van der Waals surface area contributed by atoms with E-state index < -0.39 is 0 Å². The van der Waals surface area contributed by atoms with Crippen LogP contribution in [-0.2, 0) is 4.79 Å². The van der Waals surface area contributed by atoms with Crippen LogP contribution < -0.4 is 10.6 Å². The first-order valence-corrected chi connectivity index (χ1v) is 5.87. The fourth-order valence-electron chi connectivity index (χ4n) is 1.75. The summed E-state index contributed by atoms with van der Waals surface area (Å²) in [7, 11) is 1.69. The molecule has 100 valence electrons. The van der Waals surface area contributed by atoms with Crippen LogP contribution in [0.15, 0.2) is 30.3 Å². The third kappa shape index (κ3) is 3.17. The molecule has 1 aromatic carbocycles. The van der Waals surface area contributed by atoms with Gasteiger partial charge in [-0.2, -0.15) is 0 Å². The highest BCUT2D eigenvalue weighted by Gasteiger charge is 2.09. The molecule has 2 aromatic rings. The number of anilines is 1. The Morgan fingerprint density at radius 2 is 2.21 bits per heavy atom. The quantitative estimate of drug-likeness (QED) is 0.877. The number of hydrogen-bond donors (Lipinski definition) is 2. The van der Waals surface area contributed by atoms with Crippen LogP contribution in [0.5, 0.6) is 0 Å². The SMILES string of the molecule is CNCC(=O)Nc1cc(C)n(-c2cccc(F)c2)n1. The molecule has 6 heteroatoms. The maximum Gasteiger partial charge on any atom is 0.239 e. The Kier molecular flexibility index (Phi) is 3.91. The Morgan fingerprint density at radius 1 is 1.42 bits per heavy atom. The van der Waals surface area contributed by atoms with Crippen molar-refractivity contribution >= 4 is 11.7 Å². The second-order valence-corrected chi connectivity index (χ2v) is 4.14. The number of aryl methyl sites for hydroxylation is 1. The molecule has 0 aliphatic rings. The third-order valence-electron chi connectivity index (χ3n) is 2.55. The molecule has 2 N–H and O–H groups in total. The number of benzene rings is 1. The maximum atomic E-state index is 13.2. The fourth-order valence-corrected chi connectivity index (χ4v) is 1.75. The summed E-state index contributed by atoms with van der Waals surface area (Å²) in [6.07, 6.45) is 0. The minimum Gasteiger partial charge on any atom is -0.311 e. The fraction of sp³-hybridized carbons (Fsp3) is 0.231. The van der Waals surface area contributed by atoms with E-state index in [0.717, 1.165) is 5.69 Å². The van der Waals surface area contributed by atoms with E-state index >= 15 is 0 Å². The van der Waals surface area contributed by atoms with Crippen LogP contribution in [0, 0.1) is 12.7 Å². The smallest absolute Gasteiger partial charge is 0.239 e. The van der Waals surface area contributed by atoms with Gasteiger partial charge in [0.2, 0.25) is 5.91 Å². The number of aromatic nitrogens is 2. The maximum absolute atomic E-state index is 13.2. The molecule has 0 fully saturated rings. The van der Waals surface area contributed by atoms with E-state index in [-0.39, 0.29) is 18.3 Å². The van der Waals surface area contributed by atoms with Crippen LogP contribution in [0.3, 0.4) is 0 Å². The van der Waals surface area contributed by atoms with E-state index in [9.17, 15) is 9.18 Å². The highest BCUT2D eigenvalue weighted by molar-refractivity contribution is 5.91. The van der Waals surface area contributed by atoms with Crippen LogP contribution in [0.4, 0.5) is 10.2 Å². The van der Waals surface area contributed by atoms with Crippen molar-refractivity contribution in [2.75, 3.05) is 18.9 Å². The summed E-state index contributed by atoms with van der Waals surface area (Å²) in [5, 5.41) is 9.65. The van der Waals surface area contributed by atoms with Crippen molar-refractivity contribution in [1.82, 2.24) is 15.1 Å². The van der Waals surface area contributed by atoms with Crippen molar-refractivity contribution in [3.63, 3.8) is 0 Å². The number of rotatable bonds is 4. The van der Waals surface area contributed by atoms with Crippen LogP contribution in [0.25, 0.3) is 5.69 Å². The standard InChI is InChI=1S/C13H15FN4O/c1-9-6-12(16-13(19)8-15-2)17-18(9)11-5-3-4-10(14)7-11/h3-7,15H,8H2,1-2H3,(H,16,17,19). The number of carbonyl (C=O) groups is 1. The van der Waals surface area contributed by atoms with Gasteiger partial charge in [-0.25, -0.2) is 9.07 Å². The number of nitrogens with one attached hydrogen (secondary N) is 2. The third-order valence-corrected chi connectivity index (χ3v) is 2.55.